The van der Waals surface area contributed by atoms with Gasteiger partial charge in [0.2, 0.25) is 5.71 Å². The molecule has 6 heteroatoms. The zero-order chi connectivity index (χ0) is 20.0. The van der Waals surface area contributed by atoms with Crippen molar-refractivity contribution in [2.45, 2.75) is 46.8 Å². The first-order valence-electron chi connectivity index (χ1n) is 9.53. The molecule has 3 aromatic rings. The number of aryl methyl sites for hydroxylation is 1. The van der Waals surface area contributed by atoms with E-state index in [9.17, 15) is 0 Å². The van der Waals surface area contributed by atoms with Crippen LogP contribution in [0.1, 0.15) is 33.3 Å². The van der Waals surface area contributed by atoms with E-state index in [1.54, 1.807) is 12.4 Å². The fourth-order valence-electron chi connectivity index (χ4n) is 4.12. The summed E-state index contributed by atoms with van der Waals surface area (Å²) in [5, 5.41) is 2.05. The van der Waals surface area contributed by atoms with Crippen molar-refractivity contribution in [1.29, 1.82) is 0 Å². The van der Waals surface area contributed by atoms with Crippen molar-refractivity contribution in [2.75, 3.05) is 4.90 Å². The van der Waals surface area contributed by atoms with E-state index in [1.165, 1.54) is 0 Å². The highest BCUT2D eigenvalue weighted by molar-refractivity contribution is 6.08. The van der Waals surface area contributed by atoms with Crippen molar-refractivity contribution < 1.29 is 4.42 Å². The third kappa shape index (κ3) is 2.52. The minimum Gasteiger partial charge on any atom is -0.435 e. The van der Waals surface area contributed by atoms with E-state index in [0.717, 1.165) is 39.2 Å². The number of aromatic nitrogens is 1. The number of pyridine rings is 1. The first kappa shape index (κ1) is 18.2. The molecular formula is C22H25N5O. The molecule has 0 fully saturated rings. The molecule has 144 valence electrons. The molecule has 28 heavy (non-hydrogen) atoms. The van der Waals surface area contributed by atoms with Crippen LogP contribution in [-0.4, -0.2) is 35.0 Å². The molecule has 6 nitrogen and oxygen atoms in total. The quantitative estimate of drug-likeness (QED) is 0.597. The van der Waals surface area contributed by atoms with E-state index < -0.39 is 0 Å². The van der Waals surface area contributed by atoms with Gasteiger partial charge in [-0.15, -0.1) is 0 Å². The lowest BCUT2D eigenvalue weighted by Crippen LogP contribution is -2.41. The first-order chi connectivity index (χ1) is 13.5. The lowest BCUT2D eigenvalue weighted by Gasteiger charge is -2.34. The fraction of sp³-hybridized carbons (Fsp3) is 0.318. The van der Waals surface area contributed by atoms with Crippen molar-refractivity contribution >= 4 is 40.7 Å². The Balaban J connectivity index is 2.03. The highest BCUT2D eigenvalue weighted by Crippen LogP contribution is 2.43. The third-order valence-corrected chi connectivity index (χ3v) is 5.24. The number of hydrogen-bond acceptors (Lipinski definition) is 6. The van der Waals surface area contributed by atoms with Crippen LogP contribution in [0.4, 0.5) is 5.69 Å². The van der Waals surface area contributed by atoms with Crippen LogP contribution in [0.2, 0.25) is 0 Å². The van der Waals surface area contributed by atoms with Gasteiger partial charge in [-0.2, -0.15) is 0 Å². The molecule has 1 aliphatic rings. The molecule has 0 unspecified atom stereocenters. The van der Waals surface area contributed by atoms with Crippen molar-refractivity contribution in [2.24, 2.45) is 9.98 Å². The molecule has 1 atom stereocenters. The van der Waals surface area contributed by atoms with Gasteiger partial charge >= 0.3 is 0 Å². The number of benzene rings is 1. The summed E-state index contributed by atoms with van der Waals surface area (Å²) in [6, 6.07) is 8.44. The highest BCUT2D eigenvalue weighted by Gasteiger charge is 2.39. The third-order valence-electron chi connectivity index (χ3n) is 5.24. The molecule has 0 amide bonds. The Morgan fingerprint density at radius 3 is 2.68 bits per heavy atom. The molecule has 0 N–H and O–H groups in total. The Morgan fingerprint density at radius 2 is 2.00 bits per heavy atom. The summed E-state index contributed by atoms with van der Waals surface area (Å²) in [7, 11) is 0. The maximum atomic E-state index is 6.21. The average Bonchev–Trinajstić information content (AvgIpc) is 3.17. The van der Waals surface area contributed by atoms with E-state index in [4.69, 9.17) is 4.42 Å². The summed E-state index contributed by atoms with van der Waals surface area (Å²) < 4.78 is 6.21. The summed E-state index contributed by atoms with van der Waals surface area (Å²) in [6.07, 6.45) is 3.57. The summed E-state index contributed by atoms with van der Waals surface area (Å²) in [5.41, 5.74) is 3.54. The van der Waals surface area contributed by atoms with Gasteiger partial charge in [0.05, 0.1) is 5.69 Å². The number of anilines is 1. The predicted molar refractivity (Wildman–Crippen MR) is 116 cm³/mol. The van der Waals surface area contributed by atoms with Gasteiger partial charge in [-0.25, -0.2) is 15.0 Å². The topological polar surface area (TPSA) is 57.2 Å². The molecule has 0 saturated heterocycles. The molecule has 0 saturated carbocycles. The Bertz CT molecular complexity index is 1120. The van der Waals surface area contributed by atoms with Gasteiger partial charge in [0.25, 0.3) is 0 Å². The van der Waals surface area contributed by atoms with Crippen LogP contribution in [0, 0.1) is 6.92 Å². The summed E-state index contributed by atoms with van der Waals surface area (Å²) in [5.74, 6) is 1.56. The number of nitrogens with zero attached hydrogens (tertiary/aromatic N) is 5. The predicted octanol–water partition coefficient (Wildman–Crippen LogP) is 5.08. The zero-order valence-electron chi connectivity index (χ0n) is 17.0. The molecule has 1 aliphatic heterocycles. The van der Waals surface area contributed by atoms with Crippen molar-refractivity contribution in [3.05, 3.63) is 47.7 Å². The van der Waals surface area contributed by atoms with Gasteiger partial charge < -0.3 is 9.32 Å². The molecule has 0 aliphatic carbocycles. The second-order valence-corrected chi connectivity index (χ2v) is 7.26. The lowest BCUT2D eigenvalue weighted by atomic mass is 10.1. The van der Waals surface area contributed by atoms with E-state index in [-0.39, 0.29) is 12.2 Å². The monoisotopic (exact) mass is 375 g/mol. The molecule has 3 heterocycles. The van der Waals surface area contributed by atoms with Crippen LogP contribution in [0.5, 0.6) is 0 Å². The van der Waals surface area contributed by atoms with Crippen LogP contribution < -0.4 is 4.90 Å². The zero-order valence-corrected chi connectivity index (χ0v) is 17.0. The minimum atomic E-state index is 0.0182. The molecular weight excluding hydrogens is 350 g/mol. The normalized spacial score (nSPS) is 17.9. The van der Waals surface area contributed by atoms with E-state index >= 15 is 0 Å². The smallest absolute Gasteiger partial charge is 0.227 e. The van der Waals surface area contributed by atoms with Gasteiger partial charge in [0.1, 0.15) is 6.17 Å². The molecule has 1 aromatic carbocycles. The van der Waals surface area contributed by atoms with E-state index in [1.807, 2.05) is 19.1 Å². The van der Waals surface area contributed by atoms with Crippen LogP contribution >= 0.6 is 0 Å². The van der Waals surface area contributed by atoms with Crippen molar-refractivity contribution in [3.63, 3.8) is 0 Å². The Hall–Kier alpha value is -3.15. The second-order valence-electron chi connectivity index (χ2n) is 7.26. The van der Waals surface area contributed by atoms with Gasteiger partial charge in [-0.1, -0.05) is 12.1 Å². The van der Waals surface area contributed by atoms with Crippen molar-refractivity contribution in [3.8, 4) is 0 Å². The van der Waals surface area contributed by atoms with Gasteiger partial charge in [-0.3, -0.25) is 4.90 Å². The first-order valence-corrected chi connectivity index (χ1v) is 9.53. The summed E-state index contributed by atoms with van der Waals surface area (Å²) in [6.45, 7) is 14.3. The lowest BCUT2D eigenvalue weighted by molar-refractivity contribution is 0.240. The maximum Gasteiger partial charge on any atom is 0.227 e. The van der Waals surface area contributed by atoms with Crippen LogP contribution in [-0.2, 0) is 0 Å². The number of furan rings is 1. The Kier molecular flexibility index (Phi) is 4.41. The SMILES string of the molecule is C=NC1=C(/N=C\C)N(C(C)C)[C@H](C)N1c1c(C)ccc2c1oc1ncccc12. The number of fused-ring (bicyclic) bond motifs is 3. The number of rotatable bonds is 4. The molecule has 2 aromatic heterocycles. The Morgan fingerprint density at radius 1 is 1.21 bits per heavy atom. The molecule has 0 radical (unpaired) electrons. The van der Waals surface area contributed by atoms with Gasteiger partial charge in [0, 0.05) is 29.2 Å². The van der Waals surface area contributed by atoms with Gasteiger partial charge in [-0.05, 0) is 59.0 Å². The number of aliphatic imine (C=N–C) groups is 2. The highest BCUT2D eigenvalue weighted by atomic mass is 16.3. The van der Waals surface area contributed by atoms with Crippen LogP contribution in [0.15, 0.2) is 56.5 Å². The van der Waals surface area contributed by atoms with E-state index in [0.29, 0.717) is 5.71 Å². The maximum absolute atomic E-state index is 6.21. The molecule has 0 spiro atoms. The average molecular weight is 375 g/mol. The molecule has 0 bridgehead atoms. The summed E-state index contributed by atoms with van der Waals surface area (Å²) >= 11 is 0. The van der Waals surface area contributed by atoms with E-state index in [2.05, 4.69) is 71.3 Å². The van der Waals surface area contributed by atoms with Gasteiger partial charge in [0.15, 0.2) is 17.2 Å². The van der Waals surface area contributed by atoms with Crippen LogP contribution in [0.3, 0.4) is 0 Å². The van der Waals surface area contributed by atoms with Crippen molar-refractivity contribution in [1.82, 2.24) is 9.88 Å². The number of hydrogen-bond donors (Lipinski definition) is 0. The fourth-order valence-corrected chi connectivity index (χ4v) is 4.12. The molecule has 4 rings (SSSR count). The standard InChI is InChI=1S/C22H25N5O/c1-7-24-21-20(23-6)27(15(5)26(21)13(2)3)18-14(4)10-11-16-17-9-8-12-25-22(17)28-19(16)18/h7-13,15H,6H2,1-5H3/b24-7-/t15-/m0/s1. The minimum absolute atomic E-state index is 0.0182. The second kappa shape index (κ2) is 6.78. The Labute approximate surface area is 164 Å². The summed E-state index contributed by atoms with van der Waals surface area (Å²) in [4.78, 5) is 17.8. The van der Waals surface area contributed by atoms with Crippen LogP contribution in [0.25, 0.3) is 22.1 Å². The largest absolute Gasteiger partial charge is 0.435 e.